The monoisotopic (exact) mass is 281 g/mol. The second-order valence-electron chi connectivity index (χ2n) is 4.88. The summed E-state index contributed by atoms with van der Waals surface area (Å²) in [5.74, 6) is 0. The quantitative estimate of drug-likeness (QED) is 0.791. The Labute approximate surface area is 107 Å². The molecule has 1 aromatic carbocycles. The van der Waals surface area contributed by atoms with Crippen LogP contribution in [0, 0.1) is 13.8 Å². The normalized spacial score (nSPS) is 17.7. The van der Waals surface area contributed by atoms with Gasteiger partial charge in [0, 0.05) is 11.0 Å². The molecule has 0 aliphatic carbocycles. The zero-order valence-electron chi connectivity index (χ0n) is 10.2. The minimum absolute atomic E-state index is 1.12. The summed E-state index contributed by atoms with van der Waals surface area (Å²) in [5.41, 5.74) is 4.17. The Hall–Kier alpha value is -0.340. The number of nitrogens with zero attached hydrogens (tertiary/aromatic N) is 1. The second-order valence-corrected chi connectivity index (χ2v) is 5.67. The first-order valence-electron chi connectivity index (χ1n) is 6.15. The zero-order valence-corrected chi connectivity index (χ0v) is 11.8. The molecule has 0 spiro atoms. The lowest BCUT2D eigenvalue weighted by Crippen LogP contribution is -2.29. The van der Waals surface area contributed by atoms with Crippen LogP contribution in [-0.2, 0) is 6.54 Å². The molecular formula is C14H20BrN. The van der Waals surface area contributed by atoms with Gasteiger partial charge in [-0.25, -0.2) is 0 Å². The van der Waals surface area contributed by atoms with Crippen LogP contribution in [0.5, 0.6) is 0 Å². The van der Waals surface area contributed by atoms with Crippen LogP contribution >= 0.6 is 15.9 Å². The van der Waals surface area contributed by atoms with Crippen LogP contribution in [0.25, 0.3) is 0 Å². The predicted octanol–water partition coefficient (Wildman–Crippen LogP) is 4.05. The number of halogens is 1. The smallest absolute Gasteiger partial charge is 0.0233 e. The van der Waals surface area contributed by atoms with Gasteiger partial charge < -0.3 is 0 Å². The summed E-state index contributed by atoms with van der Waals surface area (Å²) in [5, 5.41) is 0. The second kappa shape index (κ2) is 5.33. The number of likely N-dealkylation sites (tertiary alicyclic amines) is 1. The Balaban J connectivity index is 2.09. The van der Waals surface area contributed by atoms with Gasteiger partial charge in [0.15, 0.2) is 0 Å². The molecule has 0 N–H and O–H groups in total. The standard InChI is InChI=1S/C14H20BrN/c1-11-8-13(9-12(2)14(11)15)10-16-6-4-3-5-7-16/h8-9H,3-7,10H2,1-2H3. The highest BCUT2D eigenvalue weighted by Crippen LogP contribution is 2.23. The lowest BCUT2D eigenvalue weighted by Gasteiger charge is -2.26. The molecule has 1 aliphatic rings. The van der Waals surface area contributed by atoms with Crippen molar-refractivity contribution in [2.24, 2.45) is 0 Å². The molecule has 0 radical (unpaired) electrons. The topological polar surface area (TPSA) is 3.24 Å². The molecule has 1 heterocycles. The Morgan fingerprint density at radius 3 is 2.19 bits per heavy atom. The maximum absolute atomic E-state index is 3.62. The Morgan fingerprint density at radius 2 is 1.62 bits per heavy atom. The Kier molecular flexibility index (Phi) is 4.04. The van der Waals surface area contributed by atoms with Crippen LogP contribution in [0.2, 0.25) is 0 Å². The number of benzene rings is 1. The number of aryl methyl sites for hydroxylation is 2. The molecule has 1 fully saturated rings. The lowest BCUT2D eigenvalue weighted by atomic mass is 10.1. The highest BCUT2D eigenvalue weighted by Gasteiger charge is 2.11. The molecule has 2 heteroatoms. The minimum Gasteiger partial charge on any atom is -0.299 e. The van der Waals surface area contributed by atoms with Crippen molar-refractivity contribution in [3.8, 4) is 0 Å². The van der Waals surface area contributed by atoms with Crippen molar-refractivity contribution in [3.63, 3.8) is 0 Å². The largest absolute Gasteiger partial charge is 0.299 e. The first-order chi connectivity index (χ1) is 7.66. The number of rotatable bonds is 2. The van der Waals surface area contributed by atoms with E-state index in [1.807, 2.05) is 0 Å². The van der Waals surface area contributed by atoms with Crippen LogP contribution in [0.1, 0.15) is 36.0 Å². The number of hydrogen-bond acceptors (Lipinski definition) is 1. The van der Waals surface area contributed by atoms with Crippen molar-refractivity contribution < 1.29 is 0 Å². The van der Waals surface area contributed by atoms with Crippen LogP contribution in [0.4, 0.5) is 0 Å². The molecule has 88 valence electrons. The molecule has 1 aliphatic heterocycles. The molecule has 16 heavy (non-hydrogen) atoms. The van der Waals surface area contributed by atoms with E-state index in [4.69, 9.17) is 0 Å². The van der Waals surface area contributed by atoms with Gasteiger partial charge in [-0.1, -0.05) is 34.5 Å². The molecule has 0 bridgehead atoms. The van der Waals surface area contributed by atoms with Crippen LogP contribution in [0.15, 0.2) is 16.6 Å². The fourth-order valence-corrected chi connectivity index (χ4v) is 2.73. The average Bonchev–Trinajstić information content (AvgIpc) is 2.27. The van der Waals surface area contributed by atoms with E-state index in [0.29, 0.717) is 0 Å². The summed E-state index contributed by atoms with van der Waals surface area (Å²) in [6.07, 6.45) is 4.15. The first-order valence-corrected chi connectivity index (χ1v) is 6.94. The zero-order chi connectivity index (χ0) is 11.5. The van der Waals surface area contributed by atoms with Gasteiger partial charge in [0.1, 0.15) is 0 Å². The van der Waals surface area contributed by atoms with E-state index in [-0.39, 0.29) is 0 Å². The molecule has 0 amide bonds. The SMILES string of the molecule is Cc1cc(CN2CCCCC2)cc(C)c1Br. The first kappa shape index (κ1) is 12.1. The van der Waals surface area contributed by atoms with E-state index in [0.717, 1.165) is 6.54 Å². The highest BCUT2D eigenvalue weighted by molar-refractivity contribution is 9.10. The molecule has 0 saturated carbocycles. The van der Waals surface area contributed by atoms with Gasteiger partial charge >= 0.3 is 0 Å². The Morgan fingerprint density at radius 1 is 1.06 bits per heavy atom. The van der Waals surface area contributed by atoms with Crippen LogP contribution < -0.4 is 0 Å². The van der Waals surface area contributed by atoms with Gasteiger partial charge in [-0.2, -0.15) is 0 Å². The van der Waals surface area contributed by atoms with Crippen LogP contribution in [-0.4, -0.2) is 18.0 Å². The van der Waals surface area contributed by atoms with Gasteiger partial charge in [0.25, 0.3) is 0 Å². The highest BCUT2D eigenvalue weighted by atomic mass is 79.9. The van der Waals surface area contributed by atoms with E-state index in [1.54, 1.807) is 0 Å². The van der Waals surface area contributed by atoms with Crippen molar-refractivity contribution >= 4 is 15.9 Å². The van der Waals surface area contributed by atoms with E-state index in [2.05, 4.69) is 46.8 Å². The van der Waals surface area contributed by atoms with E-state index >= 15 is 0 Å². The molecule has 1 aromatic rings. The molecule has 0 aromatic heterocycles. The molecular weight excluding hydrogens is 262 g/mol. The molecule has 1 nitrogen and oxygen atoms in total. The van der Waals surface area contributed by atoms with Gasteiger partial charge in [-0.15, -0.1) is 0 Å². The van der Waals surface area contributed by atoms with E-state index in [9.17, 15) is 0 Å². The van der Waals surface area contributed by atoms with Gasteiger partial charge in [-0.05, 0) is 56.5 Å². The lowest BCUT2D eigenvalue weighted by molar-refractivity contribution is 0.221. The van der Waals surface area contributed by atoms with Crippen molar-refractivity contribution in [2.75, 3.05) is 13.1 Å². The maximum Gasteiger partial charge on any atom is 0.0233 e. The van der Waals surface area contributed by atoms with Crippen molar-refractivity contribution in [2.45, 2.75) is 39.7 Å². The van der Waals surface area contributed by atoms with Crippen molar-refractivity contribution in [1.82, 2.24) is 4.90 Å². The predicted molar refractivity (Wildman–Crippen MR) is 72.7 cm³/mol. The number of piperidine rings is 1. The maximum atomic E-state index is 3.62. The van der Waals surface area contributed by atoms with Crippen molar-refractivity contribution in [1.29, 1.82) is 0 Å². The Bertz CT molecular complexity index is 344. The molecule has 1 saturated heterocycles. The average molecular weight is 282 g/mol. The summed E-state index contributed by atoms with van der Waals surface area (Å²) in [6, 6.07) is 4.62. The van der Waals surface area contributed by atoms with E-state index in [1.165, 1.54) is 53.5 Å². The summed E-state index contributed by atoms with van der Waals surface area (Å²) < 4.78 is 1.26. The number of hydrogen-bond donors (Lipinski definition) is 0. The molecule has 0 unspecified atom stereocenters. The van der Waals surface area contributed by atoms with E-state index < -0.39 is 0 Å². The fraction of sp³-hybridized carbons (Fsp3) is 0.571. The third-order valence-electron chi connectivity index (χ3n) is 3.35. The summed E-state index contributed by atoms with van der Waals surface area (Å²) in [7, 11) is 0. The van der Waals surface area contributed by atoms with Crippen molar-refractivity contribution in [3.05, 3.63) is 33.3 Å². The van der Waals surface area contributed by atoms with Gasteiger partial charge in [0.05, 0.1) is 0 Å². The third kappa shape index (κ3) is 2.86. The fourth-order valence-electron chi connectivity index (χ4n) is 2.50. The van der Waals surface area contributed by atoms with Crippen LogP contribution in [0.3, 0.4) is 0 Å². The van der Waals surface area contributed by atoms with Gasteiger partial charge in [0.2, 0.25) is 0 Å². The van der Waals surface area contributed by atoms with Gasteiger partial charge in [-0.3, -0.25) is 4.90 Å². The summed E-state index contributed by atoms with van der Waals surface area (Å²) >= 11 is 3.62. The third-order valence-corrected chi connectivity index (χ3v) is 4.60. The summed E-state index contributed by atoms with van der Waals surface area (Å²) in [6.45, 7) is 8.02. The molecule has 2 rings (SSSR count). The minimum atomic E-state index is 1.12. The molecule has 0 atom stereocenters. The summed E-state index contributed by atoms with van der Waals surface area (Å²) in [4.78, 5) is 2.58.